The van der Waals surface area contributed by atoms with E-state index in [0.29, 0.717) is 12.0 Å². The van der Waals surface area contributed by atoms with Crippen molar-refractivity contribution in [3.63, 3.8) is 0 Å². The lowest BCUT2D eigenvalue weighted by molar-refractivity contribution is -0.127. The van der Waals surface area contributed by atoms with Crippen molar-refractivity contribution >= 4 is 5.91 Å². The summed E-state index contributed by atoms with van der Waals surface area (Å²) in [5, 5.41) is 12.0. The first-order chi connectivity index (χ1) is 10.7. The minimum absolute atomic E-state index is 0.264. The van der Waals surface area contributed by atoms with Crippen LogP contribution >= 0.6 is 0 Å². The summed E-state index contributed by atoms with van der Waals surface area (Å²) in [7, 11) is 0. The molecule has 0 unspecified atom stereocenters. The number of rotatable bonds is 9. The molecular weight excluding hydrogens is 302 g/mol. The first-order valence-electron chi connectivity index (χ1n) is 7.81. The van der Waals surface area contributed by atoms with Gasteiger partial charge in [0, 0.05) is 12.8 Å². The fourth-order valence-electron chi connectivity index (χ4n) is 2.50. The first kappa shape index (κ1) is 19.5. The molecule has 1 aromatic carbocycles. The molecule has 4 nitrogen and oxygen atoms in total. The van der Waals surface area contributed by atoms with Gasteiger partial charge in [-0.2, -0.15) is 0 Å². The van der Waals surface area contributed by atoms with E-state index in [4.69, 9.17) is 5.73 Å². The van der Waals surface area contributed by atoms with Crippen LogP contribution in [-0.4, -0.2) is 35.1 Å². The summed E-state index contributed by atoms with van der Waals surface area (Å²) < 4.78 is 28.1. The summed E-state index contributed by atoms with van der Waals surface area (Å²) in [6.07, 6.45) is 0.0987. The number of nitrogens with two attached hydrogens (primary N) is 1. The summed E-state index contributed by atoms with van der Waals surface area (Å²) in [5.41, 5.74) is 5.30. The molecule has 0 aromatic heterocycles. The number of aliphatic hydroxyl groups excluding tert-OH is 1. The van der Waals surface area contributed by atoms with Gasteiger partial charge in [0.15, 0.2) is 0 Å². The van der Waals surface area contributed by atoms with E-state index >= 15 is 0 Å². The van der Waals surface area contributed by atoms with Crippen LogP contribution in [0.4, 0.5) is 8.78 Å². The van der Waals surface area contributed by atoms with Gasteiger partial charge in [0.1, 0.15) is 0 Å². The van der Waals surface area contributed by atoms with Crippen LogP contribution in [0, 0.1) is 0 Å². The van der Waals surface area contributed by atoms with E-state index in [1.165, 1.54) is 0 Å². The molecule has 0 aliphatic carbocycles. The van der Waals surface area contributed by atoms with Crippen molar-refractivity contribution in [2.75, 3.05) is 6.61 Å². The number of hydrogen-bond donors (Lipinski definition) is 3. The Balaban J connectivity index is 2.62. The smallest absolute Gasteiger partial charge is 0.254 e. The van der Waals surface area contributed by atoms with Crippen LogP contribution in [0.1, 0.15) is 38.7 Å². The van der Waals surface area contributed by atoms with Crippen molar-refractivity contribution in [2.45, 2.75) is 57.0 Å². The average molecular weight is 328 g/mol. The largest absolute Gasteiger partial charge is 0.394 e. The Morgan fingerprint density at radius 3 is 2.48 bits per heavy atom. The third-order valence-corrected chi connectivity index (χ3v) is 3.74. The van der Waals surface area contributed by atoms with Gasteiger partial charge in [-0.25, -0.2) is 8.78 Å². The van der Waals surface area contributed by atoms with Crippen molar-refractivity contribution in [2.24, 2.45) is 5.73 Å². The second-order valence-corrected chi connectivity index (χ2v) is 6.29. The number of alkyl halides is 2. The number of carbonyl (C=O) groups excluding carboxylic acids is 1. The Morgan fingerprint density at radius 2 is 1.96 bits per heavy atom. The lowest BCUT2D eigenvalue weighted by Crippen LogP contribution is -2.55. The van der Waals surface area contributed by atoms with Crippen LogP contribution in [0.5, 0.6) is 0 Å². The van der Waals surface area contributed by atoms with Gasteiger partial charge in [-0.3, -0.25) is 4.79 Å². The van der Waals surface area contributed by atoms with Crippen molar-refractivity contribution < 1.29 is 18.7 Å². The van der Waals surface area contributed by atoms with Gasteiger partial charge in [-0.1, -0.05) is 43.7 Å². The van der Waals surface area contributed by atoms with E-state index < -0.39 is 36.3 Å². The zero-order valence-corrected chi connectivity index (χ0v) is 13.7. The molecule has 4 N–H and O–H groups in total. The second-order valence-electron chi connectivity index (χ2n) is 6.29. The average Bonchev–Trinajstić information content (AvgIpc) is 2.47. The molecule has 2 atom stereocenters. The highest BCUT2D eigenvalue weighted by atomic mass is 19.3. The zero-order valence-electron chi connectivity index (χ0n) is 13.7. The lowest BCUT2D eigenvalue weighted by Gasteiger charge is -2.30. The predicted octanol–water partition coefficient (Wildman–Crippen LogP) is 2.25. The number of aliphatic hydroxyl groups is 1. The van der Waals surface area contributed by atoms with Gasteiger partial charge in [0.2, 0.25) is 5.91 Å². The van der Waals surface area contributed by atoms with E-state index in [1.807, 2.05) is 6.92 Å². The number of nitrogens with one attached hydrogen (secondary N) is 1. The lowest BCUT2D eigenvalue weighted by atomic mass is 9.95. The highest BCUT2D eigenvalue weighted by Crippen LogP contribution is 2.25. The SMILES string of the molecule is CCC[C@@](C)(CO)NC(=O)[C@@H](N)CC(F)(F)Cc1ccccc1. The molecule has 1 amide bonds. The van der Waals surface area contributed by atoms with Crippen LogP contribution in [0.3, 0.4) is 0 Å². The molecule has 0 aliphatic heterocycles. The minimum atomic E-state index is -3.07. The summed E-state index contributed by atoms with van der Waals surface area (Å²) >= 11 is 0. The molecule has 0 radical (unpaired) electrons. The molecule has 0 saturated heterocycles. The third-order valence-electron chi connectivity index (χ3n) is 3.74. The fraction of sp³-hybridized carbons (Fsp3) is 0.588. The highest BCUT2D eigenvalue weighted by molar-refractivity contribution is 5.82. The Hall–Kier alpha value is -1.53. The van der Waals surface area contributed by atoms with E-state index in [0.717, 1.165) is 6.42 Å². The van der Waals surface area contributed by atoms with E-state index in [2.05, 4.69) is 5.32 Å². The molecular formula is C17H26F2N2O2. The third kappa shape index (κ3) is 6.62. The molecule has 0 saturated carbocycles. The molecule has 1 aromatic rings. The molecule has 1 rings (SSSR count). The maximum atomic E-state index is 14.1. The summed E-state index contributed by atoms with van der Waals surface area (Å²) in [6, 6.07) is 7.04. The van der Waals surface area contributed by atoms with Gasteiger partial charge in [-0.15, -0.1) is 0 Å². The Labute approximate surface area is 136 Å². The van der Waals surface area contributed by atoms with Gasteiger partial charge in [-0.05, 0) is 18.9 Å². The topological polar surface area (TPSA) is 75.3 Å². The molecule has 0 aliphatic rings. The quantitative estimate of drug-likeness (QED) is 0.651. The van der Waals surface area contributed by atoms with Gasteiger partial charge < -0.3 is 16.2 Å². The molecule has 0 heterocycles. The second kappa shape index (κ2) is 8.36. The van der Waals surface area contributed by atoms with Gasteiger partial charge in [0.05, 0.1) is 18.2 Å². The molecule has 0 bridgehead atoms. The highest BCUT2D eigenvalue weighted by Gasteiger charge is 2.36. The summed E-state index contributed by atoms with van der Waals surface area (Å²) in [4.78, 5) is 12.0. The van der Waals surface area contributed by atoms with Crippen LogP contribution in [0.15, 0.2) is 30.3 Å². The van der Waals surface area contributed by atoms with Gasteiger partial charge >= 0.3 is 0 Å². The zero-order chi connectivity index (χ0) is 17.5. The maximum absolute atomic E-state index is 14.1. The van der Waals surface area contributed by atoms with E-state index in [9.17, 15) is 18.7 Å². The number of hydrogen-bond acceptors (Lipinski definition) is 3. The van der Waals surface area contributed by atoms with Crippen molar-refractivity contribution in [3.05, 3.63) is 35.9 Å². The maximum Gasteiger partial charge on any atom is 0.254 e. The van der Waals surface area contributed by atoms with Gasteiger partial charge in [0.25, 0.3) is 5.92 Å². The van der Waals surface area contributed by atoms with Crippen molar-refractivity contribution in [1.29, 1.82) is 0 Å². The Bertz CT molecular complexity index is 497. The first-order valence-corrected chi connectivity index (χ1v) is 7.81. The summed E-state index contributed by atoms with van der Waals surface area (Å²) in [6.45, 7) is 3.32. The standard InChI is InChI=1S/C17H26F2N2O2/c1-3-9-16(2,12-22)21-15(23)14(20)11-17(18,19)10-13-7-5-4-6-8-13/h4-8,14,22H,3,9-12,20H2,1-2H3,(H,21,23)/t14-,16-/m0/s1. The van der Waals surface area contributed by atoms with Crippen LogP contribution < -0.4 is 11.1 Å². The summed E-state index contributed by atoms with van der Waals surface area (Å²) in [5.74, 6) is -3.74. The molecule has 23 heavy (non-hydrogen) atoms. The number of halogens is 2. The van der Waals surface area contributed by atoms with E-state index in [1.54, 1.807) is 37.3 Å². The monoisotopic (exact) mass is 328 g/mol. The normalized spacial score (nSPS) is 15.7. The van der Waals surface area contributed by atoms with E-state index in [-0.39, 0.29) is 6.61 Å². The predicted molar refractivity (Wildman–Crippen MR) is 86.2 cm³/mol. The molecule has 130 valence electrons. The number of benzene rings is 1. The van der Waals surface area contributed by atoms with Crippen molar-refractivity contribution in [3.8, 4) is 0 Å². The number of amides is 1. The molecule has 0 spiro atoms. The fourth-order valence-corrected chi connectivity index (χ4v) is 2.50. The van der Waals surface area contributed by atoms with Crippen LogP contribution in [0.2, 0.25) is 0 Å². The molecule has 6 heteroatoms. The Kier molecular flexibility index (Phi) is 7.09. The van der Waals surface area contributed by atoms with Crippen molar-refractivity contribution in [1.82, 2.24) is 5.32 Å². The minimum Gasteiger partial charge on any atom is -0.394 e. The molecule has 0 fully saturated rings. The van der Waals surface area contributed by atoms with Crippen LogP contribution in [0.25, 0.3) is 0 Å². The number of carbonyl (C=O) groups is 1. The van der Waals surface area contributed by atoms with Crippen LogP contribution in [-0.2, 0) is 11.2 Å². The Morgan fingerprint density at radius 1 is 1.35 bits per heavy atom.